The molecule has 0 aromatic heterocycles. The lowest BCUT2D eigenvalue weighted by molar-refractivity contribution is 0.0523. The maximum atomic E-state index is 11.9. The molecule has 2 N–H and O–H groups in total. The Morgan fingerprint density at radius 1 is 1.24 bits per heavy atom. The number of carbonyl (C=O) groups is 1. The van der Waals surface area contributed by atoms with Crippen LogP contribution in [0.15, 0.2) is 42.5 Å². The fourth-order valence-corrected chi connectivity index (χ4v) is 1.80. The van der Waals surface area contributed by atoms with Gasteiger partial charge in [-0.3, -0.25) is 0 Å². The third kappa shape index (κ3) is 3.12. The van der Waals surface area contributed by atoms with Crippen LogP contribution in [-0.4, -0.2) is 12.6 Å². The number of rotatable bonds is 4. The van der Waals surface area contributed by atoms with E-state index in [1.807, 2.05) is 6.07 Å². The number of benzene rings is 2. The zero-order valence-corrected chi connectivity index (χ0v) is 11.5. The number of hydrogen-bond acceptors (Lipinski definition) is 5. The van der Waals surface area contributed by atoms with Crippen molar-refractivity contribution in [3.8, 4) is 17.6 Å². The number of para-hydroxylation sites is 2. The van der Waals surface area contributed by atoms with E-state index in [-0.39, 0.29) is 17.9 Å². The van der Waals surface area contributed by atoms with Gasteiger partial charge in [0.15, 0.2) is 5.75 Å². The van der Waals surface area contributed by atoms with Gasteiger partial charge in [-0.1, -0.05) is 18.2 Å². The summed E-state index contributed by atoms with van der Waals surface area (Å²) >= 11 is 0. The number of esters is 1. The molecule has 2 aromatic carbocycles. The van der Waals surface area contributed by atoms with E-state index in [0.717, 1.165) is 0 Å². The van der Waals surface area contributed by atoms with Crippen molar-refractivity contribution in [2.24, 2.45) is 0 Å². The van der Waals surface area contributed by atoms with Gasteiger partial charge in [0.05, 0.1) is 17.9 Å². The van der Waals surface area contributed by atoms with Crippen molar-refractivity contribution in [3.63, 3.8) is 0 Å². The first kappa shape index (κ1) is 14.4. The molecule has 0 saturated heterocycles. The number of nitrogens with zero attached hydrogens (tertiary/aromatic N) is 1. The summed E-state index contributed by atoms with van der Waals surface area (Å²) in [7, 11) is 0. The van der Waals surface area contributed by atoms with Gasteiger partial charge in [0.1, 0.15) is 17.4 Å². The highest BCUT2D eigenvalue weighted by molar-refractivity contribution is 5.94. The molecular formula is C16H14N2O3. The molecule has 0 aliphatic rings. The van der Waals surface area contributed by atoms with E-state index in [2.05, 4.69) is 0 Å². The molecule has 106 valence electrons. The number of nitrogens with two attached hydrogens (primary N) is 1. The van der Waals surface area contributed by atoms with Gasteiger partial charge in [-0.05, 0) is 31.2 Å². The van der Waals surface area contributed by atoms with Crippen LogP contribution < -0.4 is 10.5 Å². The summed E-state index contributed by atoms with van der Waals surface area (Å²) in [6, 6.07) is 13.6. The van der Waals surface area contributed by atoms with Gasteiger partial charge in [0.25, 0.3) is 0 Å². The Morgan fingerprint density at radius 2 is 2.00 bits per heavy atom. The summed E-state index contributed by atoms with van der Waals surface area (Å²) in [5.41, 5.74) is 6.76. The minimum atomic E-state index is -0.519. The van der Waals surface area contributed by atoms with Crippen molar-refractivity contribution >= 4 is 11.7 Å². The molecule has 0 fully saturated rings. The van der Waals surface area contributed by atoms with Crippen LogP contribution in [0.1, 0.15) is 22.8 Å². The van der Waals surface area contributed by atoms with Crippen molar-refractivity contribution in [2.45, 2.75) is 6.92 Å². The summed E-state index contributed by atoms with van der Waals surface area (Å²) in [6.45, 7) is 1.97. The maximum absolute atomic E-state index is 11.9. The smallest absolute Gasteiger partial charge is 0.342 e. The van der Waals surface area contributed by atoms with Crippen LogP contribution in [-0.2, 0) is 4.74 Å². The van der Waals surface area contributed by atoms with Crippen LogP contribution in [0.2, 0.25) is 0 Å². The molecule has 0 spiro atoms. The van der Waals surface area contributed by atoms with Crippen LogP contribution in [0, 0.1) is 11.3 Å². The van der Waals surface area contributed by atoms with Gasteiger partial charge in [0, 0.05) is 0 Å². The van der Waals surface area contributed by atoms with Crippen LogP contribution in [0.5, 0.6) is 11.5 Å². The molecule has 2 rings (SSSR count). The van der Waals surface area contributed by atoms with E-state index < -0.39 is 5.97 Å². The van der Waals surface area contributed by atoms with E-state index in [1.165, 1.54) is 0 Å². The molecule has 0 radical (unpaired) electrons. The lowest BCUT2D eigenvalue weighted by Gasteiger charge is -2.13. The summed E-state index contributed by atoms with van der Waals surface area (Å²) < 4.78 is 10.7. The number of nitrogen functional groups attached to an aromatic ring is 1. The Morgan fingerprint density at radius 3 is 2.71 bits per heavy atom. The van der Waals surface area contributed by atoms with E-state index >= 15 is 0 Å². The van der Waals surface area contributed by atoms with Gasteiger partial charge in [0.2, 0.25) is 0 Å². The summed E-state index contributed by atoms with van der Waals surface area (Å²) in [4.78, 5) is 11.9. The molecule has 0 aliphatic carbocycles. The molecule has 0 unspecified atom stereocenters. The predicted octanol–water partition coefficient (Wildman–Crippen LogP) is 3.11. The first-order chi connectivity index (χ1) is 10.2. The van der Waals surface area contributed by atoms with Gasteiger partial charge >= 0.3 is 5.97 Å². The molecule has 21 heavy (non-hydrogen) atoms. The molecule has 5 nitrogen and oxygen atoms in total. The van der Waals surface area contributed by atoms with Gasteiger partial charge in [-0.2, -0.15) is 5.26 Å². The molecule has 0 amide bonds. The first-order valence-corrected chi connectivity index (χ1v) is 6.40. The largest absolute Gasteiger partial charge is 0.462 e. The van der Waals surface area contributed by atoms with E-state index in [1.54, 1.807) is 49.4 Å². The SMILES string of the molecule is CCOC(=O)c1cccc(N)c1Oc1ccccc1C#N. The standard InChI is InChI=1S/C16H14N2O3/c1-2-20-16(19)12-7-5-8-13(18)15(12)21-14-9-4-3-6-11(14)10-17/h3-9H,2,18H2,1H3. The highest BCUT2D eigenvalue weighted by Crippen LogP contribution is 2.33. The summed E-state index contributed by atoms with van der Waals surface area (Å²) in [5.74, 6) is 0.0105. The second-order valence-electron chi connectivity index (χ2n) is 4.15. The highest BCUT2D eigenvalue weighted by Gasteiger charge is 2.17. The Kier molecular flexibility index (Phi) is 4.42. The minimum Gasteiger partial charge on any atom is -0.462 e. The molecule has 5 heteroatoms. The zero-order valence-electron chi connectivity index (χ0n) is 11.5. The minimum absolute atomic E-state index is 0.193. The first-order valence-electron chi connectivity index (χ1n) is 6.40. The van der Waals surface area contributed by atoms with Gasteiger partial charge < -0.3 is 15.2 Å². The van der Waals surface area contributed by atoms with E-state index in [9.17, 15) is 4.79 Å². The Labute approximate surface area is 122 Å². The summed E-state index contributed by atoms with van der Waals surface area (Å²) in [6.07, 6.45) is 0. The predicted molar refractivity (Wildman–Crippen MR) is 78.0 cm³/mol. The quantitative estimate of drug-likeness (QED) is 0.688. The number of carbonyl (C=O) groups excluding carboxylic acids is 1. The Bertz CT molecular complexity index is 705. The molecule has 0 bridgehead atoms. The molecule has 2 aromatic rings. The van der Waals surface area contributed by atoms with Crippen molar-refractivity contribution in [1.82, 2.24) is 0 Å². The average molecular weight is 282 g/mol. The Hall–Kier alpha value is -3.00. The summed E-state index contributed by atoms with van der Waals surface area (Å²) in [5, 5.41) is 9.08. The van der Waals surface area contributed by atoms with Gasteiger partial charge in [-0.15, -0.1) is 0 Å². The highest BCUT2D eigenvalue weighted by atomic mass is 16.5. The topological polar surface area (TPSA) is 85.3 Å². The fraction of sp³-hybridized carbons (Fsp3) is 0.125. The lowest BCUT2D eigenvalue weighted by atomic mass is 10.1. The van der Waals surface area contributed by atoms with Crippen LogP contribution in [0.25, 0.3) is 0 Å². The molecule has 0 saturated carbocycles. The van der Waals surface area contributed by atoms with Crippen LogP contribution >= 0.6 is 0 Å². The molecule has 0 aliphatic heterocycles. The maximum Gasteiger partial charge on any atom is 0.342 e. The zero-order chi connectivity index (χ0) is 15.2. The Balaban J connectivity index is 2.44. The van der Waals surface area contributed by atoms with E-state index in [4.69, 9.17) is 20.5 Å². The van der Waals surface area contributed by atoms with Crippen LogP contribution in [0.3, 0.4) is 0 Å². The van der Waals surface area contributed by atoms with Crippen molar-refractivity contribution in [3.05, 3.63) is 53.6 Å². The number of anilines is 1. The second kappa shape index (κ2) is 6.44. The van der Waals surface area contributed by atoms with Crippen molar-refractivity contribution in [1.29, 1.82) is 5.26 Å². The lowest BCUT2D eigenvalue weighted by Crippen LogP contribution is -2.08. The van der Waals surface area contributed by atoms with Crippen molar-refractivity contribution in [2.75, 3.05) is 12.3 Å². The van der Waals surface area contributed by atoms with Crippen LogP contribution in [0.4, 0.5) is 5.69 Å². The third-order valence-electron chi connectivity index (χ3n) is 2.76. The molecular weight excluding hydrogens is 268 g/mol. The normalized spacial score (nSPS) is 9.71. The molecule has 0 atom stereocenters. The fourth-order valence-electron chi connectivity index (χ4n) is 1.80. The third-order valence-corrected chi connectivity index (χ3v) is 2.76. The number of hydrogen-bond donors (Lipinski definition) is 1. The van der Waals surface area contributed by atoms with Crippen molar-refractivity contribution < 1.29 is 14.3 Å². The number of ether oxygens (including phenoxy) is 2. The second-order valence-corrected chi connectivity index (χ2v) is 4.15. The van der Waals surface area contributed by atoms with E-state index in [0.29, 0.717) is 17.0 Å². The number of nitriles is 1. The average Bonchev–Trinajstić information content (AvgIpc) is 2.50. The molecule has 0 heterocycles. The monoisotopic (exact) mass is 282 g/mol. The van der Waals surface area contributed by atoms with Gasteiger partial charge in [-0.25, -0.2) is 4.79 Å².